The van der Waals surface area contributed by atoms with E-state index in [0.717, 1.165) is 26.8 Å². The largest absolute Gasteiger partial charge is 0.308 e. The molecule has 2 aromatic rings. The Morgan fingerprint density at radius 2 is 2.00 bits per heavy atom. The van der Waals surface area contributed by atoms with Crippen LogP contribution in [-0.4, -0.2) is 9.97 Å². The van der Waals surface area contributed by atoms with Crippen molar-refractivity contribution in [2.75, 3.05) is 5.43 Å². The number of hydrazine groups is 1. The van der Waals surface area contributed by atoms with E-state index in [9.17, 15) is 0 Å². The molecule has 4 nitrogen and oxygen atoms in total. The van der Waals surface area contributed by atoms with Gasteiger partial charge in [-0.25, -0.2) is 15.8 Å². The van der Waals surface area contributed by atoms with Gasteiger partial charge in [0.1, 0.15) is 5.82 Å². The van der Waals surface area contributed by atoms with E-state index in [4.69, 9.17) is 5.84 Å². The Labute approximate surface area is 109 Å². The zero-order valence-corrected chi connectivity index (χ0v) is 11.7. The molecule has 90 valence electrons. The molecule has 0 atom stereocenters. The van der Waals surface area contributed by atoms with Crippen molar-refractivity contribution >= 4 is 32.7 Å². The summed E-state index contributed by atoms with van der Waals surface area (Å²) in [5.74, 6) is 7.26. The summed E-state index contributed by atoms with van der Waals surface area (Å²) >= 11 is 3.51. The van der Waals surface area contributed by atoms with Gasteiger partial charge >= 0.3 is 0 Å². The van der Waals surface area contributed by atoms with Gasteiger partial charge in [-0.15, -0.1) is 0 Å². The molecule has 0 radical (unpaired) electrons. The first-order chi connectivity index (χ1) is 8.04. The maximum atomic E-state index is 5.52. The number of rotatable bonds is 2. The summed E-state index contributed by atoms with van der Waals surface area (Å²) in [6.45, 7) is 6.16. The lowest BCUT2D eigenvalue weighted by molar-refractivity contribution is 0.783. The molecule has 0 aliphatic heterocycles. The lowest BCUT2D eigenvalue weighted by Gasteiger charge is -2.12. The first kappa shape index (κ1) is 12.3. The smallest absolute Gasteiger partial charge is 0.151 e. The second kappa shape index (κ2) is 4.58. The van der Waals surface area contributed by atoms with Crippen molar-refractivity contribution in [2.24, 2.45) is 5.84 Å². The summed E-state index contributed by atoms with van der Waals surface area (Å²) in [7, 11) is 0. The summed E-state index contributed by atoms with van der Waals surface area (Å²) < 4.78 is 1.04. The summed E-state index contributed by atoms with van der Waals surface area (Å²) in [4.78, 5) is 9.03. The number of nitrogens with one attached hydrogen (secondary N) is 1. The second-order valence-corrected chi connectivity index (χ2v) is 5.15. The van der Waals surface area contributed by atoms with Gasteiger partial charge in [-0.3, -0.25) is 0 Å². The van der Waals surface area contributed by atoms with Crippen molar-refractivity contribution in [3.05, 3.63) is 28.0 Å². The van der Waals surface area contributed by atoms with Crippen molar-refractivity contribution in [3.63, 3.8) is 0 Å². The van der Waals surface area contributed by atoms with E-state index in [-0.39, 0.29) is 5.92 Å². The number of nitrogen functional groups attached to an aromatic ring is 1. The van der Waals surface area contributed by atoms with Crippen LogP contribution >= 0.6 is 15.9 Å². The molecule has 2 rings (SSSR count). The molecule has 0 fully saturated rings. The minimum absolute atomic E-state index is 0.268. The Kier molecular flexibility index (Phi) is 3.31. The van der Waals surface area contributed by atoms with Gasteiger partial charge in [-0.05, 0) is 24.6 Å². The zero-order chi connectivity index (χ0) is 12.6. The van der Waals surface area contributed by atoms with Crippen LogP contribution in [0.15, 0.2) is 16.6 Å². The van der Waals surface area contributed by atoms with Crippen LogP contribution in [-0.2, 0) is 0 Å². The molecule has 0 aliphatic carbocycles. The Hall–Kier alpha value is -1.20. The highest BCUT2D eigenvalue weighted by Crippen LogP contribution is 2.29. The summed E-state index contributed by atoms with van der Waals surface area (Å²) in [5, 5.41) is 0.942. The number of halogens is 1. The Morgan fingerprint density at radius 3 is 2.59 bits per heavy atom. The summed E-state index contributed by atoms with van der Waals surface area (Å²) in [5.41, 5.74) is 4.68. The van der Waals surface area contributed by atoms with Crippen LogP contribution in [0.3, 0.4) is 0 Å². The SMILES string of the molecule is Cc1c(Br)ccc2c(NN)nc(C(C)C)nc12. The second-order valence-electron chi connectivity index (χ2n) is 4.30. The fourth-order valence-electron chi connectivity index (χ4n) is 1.69. The molecule has 0 aliphatic rings. The number of hydrogen-bond donors (Lipinski definition) is 2. The van der Waals surface area contributed by atoms with Gasteiger partial charge in [0, 0.05) is 15.8 Å². The molecule has 1 heterocycles. The Morgan fingerprint density at radius 1 is 1.29 bits per heavy atom. The number of anilines is 1. The topological polar surface area (TPSA) is 63.8 Å². The van der Waals surface area contributed by atoms with Crippen LogP contribution in [0.2, 0.25) is 0 Å². The summed E-state index contributed by atoms with van der Waals surface area (Å²) in [6, 6.07) is 3.95. The van der Waals surface area contributed by atoms with Crippen LogP contribution in [0.25, 0.3) is 10.9 Å². The van der Waals surface area contributed by atoms with E-state index in [1.807, 2.05) is 19.1 Å². The molecule has 3 N–H and O–H groups in total. The quantitative estimate of drug-likeness (QED) is 0.660. The number of fused-ring (bicyclic) bond motifs is 1. The minimum Gasteiger partial charge on any atom is -0.308 e. The van der Waals surface area contributed by atoms with Gasteiger partial charge in [-0.2, -0.15) is 0 Å². The number of hydrogen-bond acceptors (Lipinski definition) is 4. The van der Waals surface area contributed by atoms with E-state index < -0.39 is 0 Å². The monoisotopic (exact) mass is 294 g/mol. The third-order valence-electron chi connectivity index (χ3n) is 2.73. The number of aromatic nitrogens is 2. The molecule has 0 amide bonds. The van der Waals surface area contributed by atoms with E-state index >= 15 is 0 Å². The summed E-state index contributed by atoms with van der Waals surface area (Å²) in [6.07, 6.45) is 0. The van der Waals surface area contributed by atoms with E-state index in [0.29, 0.717) is 5.82 Å². The molecule has 0 spiro atoms. The van der Waals surface area contributed by atoms with Crippen LogP contribution < -0.4 is 11.3 Å². The normalized spacial score (nSPS) is 11.2. The van der Waals surface area contributed by atoms with Crippen molar-refractivity contribution in [3.8, 4) is 0 Å². The molecule has 1 aromatic heterocycles. The van der Waals surface area contributed by atoms with E-state index in [1.54, 1.807) is 0 Å². The molecular formula is C12H15BrN4. The van der Waals surface area contributed by atoms with Crippen molar-refractivity contribution < 1.29 is 0 Å². The fraction of sp³-hybridized carbons (Fsp3) is 0.333. The molecule has 0 saturated heterocycles. The molecule has 1 aromatic carbocycles. The molecule has 0 saturated carbocycles. The van der Waals surface area contributed by atoms with Gasteiger partial charge in [0.25, 0.3) is 0 Å². The predicted octanol–water partition coefficient (Wildman–Crippen LogP) is 3.11. The van der Waals surface area contributed by atoms with E-state index in [2.05, 4.69) is 45.2 Å². The van der Waals surface area contributed by atoms with Crippen LogP contribution in [0.1, 0.15) is 31.2 Å². The molecule has 0 unspecified atom stereocenters. The Bertz CT molecular complexity index is 566. The molecule has 0 bridgehead atoms. The van der Waals surface area contributed by atoms with Crippen molar-refractivity contribution in [1.82, 2.24) is 9.97 Å². The first-order valence-corrected chi connectivity index (χ1v) is 6.27. The minimum atomic E-state index is 0.268. The lowest BCUT2D eigenvalue weighted by atomic mass is 10.1. The number of nitrogens with two attached hydrogens (primary N) is 1. The predicted molar refractivity (Wildman–Crippen MR) is 73.9 cm³/mol. The lowest BCUT2D eigenvalue weighted by Crippen LogP contribution is -2.12. The standard InChI is InChI=1S/C12H15BrN4/c1-6(2)11-15-10-7(3)9(13)5-4-8(10)12(16-11)17-14/h4-6H,14H2,1-3H3,(H,15,16,17). The number of aryl methyl sites for hydroxylation is 1. The van der Waals surface area contributed by atoms with E-state index in [1.165, 1.54) is 0 Å². The van der Waals surface area contributed by atoms with Crippen LogP contribution in [0, 0.1) is 6.92 Å². The van der Waals surface area contributed by atoms with Crippen LogP contribution in [0.5, 0.6) is 0 Å². The van der Waals surface area contributed by atoms with Crippen molar-refractivity contribution in [2.45, 2.75) is 26.7 Å². The zero-order valence-electron chi connectivity index (χ0n) is 10.1. The first-order valence-electron chi connectivity index (χ1n) is 5.48. The third-order valence-corrected chi connectivity index (χ3v) is 3.58. The maximum Gasteiger partial charge on any atom is 0.151 e. The highest BCUT2D eigenvalue weighted by Gasteiger charge is 2.12. The third kappa shape index (κ3) is 2.12. The average Bonchev–Trinajstić information content (AvgIpc) is 2.32. The van der Waals surface area contributed by atoms with Gasteiger partial charge in [0.2, 0.25) is 0 Å². The molecule has 17 heavy (non-hydrogen) atoms. The van der Waals surface area contributed by atoms with Crippen molar-refractivity contribution in [1.29, 1.82) is 0 Å². The van der Waals surface area contributed by atoms with Gasteiger partial charge in [0.15, 0.2) is 5.82 Å². The average molecular weight is 295 g/mol. The highest BCUT2D eigenvalue weighted by atomic mass is 79.9. The van der Waals surface area contributed by atoms with Gasteiger partial charge < -0.3 is 5.43 Å². The Balaban J connectivity index is 2.83. The fourth-order valence-corrected chi connectivity index (χ4v) is 2.01. The number of nitrogens with zero attached hydrogens (tertiary/aromatic N) is 2. The number of benzene rings is 1. The van der Waals surface area contributed by atoms with Gasteiger partial charge in [-0.1, -0.05) is 29.8 Å². The van der Waals surface area contributed by atoms with Gasteiger partial charge in [0.05, 0.1) is 5.52 Å². The molecular weight excluding hydrogens is 280 g/mol. The highest BCUT2D eigenvalue weighted by molar-refractivity contribution is 9.10. The maximum absolute atomic E-state index is 5.52. The van der Waals surface area contributed by atoms with Crippen LogP contribution in [0.4, 0.5) is 5.82 Å². The molecule has 5 heteroatoms.